The molecule has 0 aromatic carbocycles. The van der Waals surface area contributed by atoms with E-state index in [0.717, 1.165) is 11.4 Å². The normalized spacial score (nSPS) is 25.6. The van der Waals surface area contributed by atoms with E-state index in [1.54, 1.807) is 0 Å². The Morgan fingerprint density at radius 1 is 1.00 bits per heavy atom. The standard InChI is InChI=1S/C15H20N4O2/c1-17-7-3-5-12(17)14-9-11(16-20)10-15(19(14)21)13-6-4-8-18(13)2/h3-8,14-15,20-21H,9-10H2,1-2H3/t14-,15+. The number of hydroxylamine groups is 2. The molecule has 6 heteroatoms. The number of aromatic nitrogens is 2. The molecule has 21 heavy (non-hydrogen) atoms. The first kappa shape index (κ1) is 13.9. The van der Waals surface area contributed by atoms with Gasteiger partial charge in [0.25, 0.3) is 0 Å². The molecule has 1 aliphatic rings. The number of hydrogen-bond acceptors (Lipinski definition) is 4. The molecule has 0 unspecified atom stereocenters. The van der Waals surface area contributed by atoms with Crippen molar-refractivity contribution in [3.05, 3.63) is 48.0 Å². The first-order valence-corrected chi connectivity index (χ1v) is 7.01. The molecule has 1 fully saturated rings. The van der Waals surface area contributed by atoms with Crippen LogP contribution in [-0.2, 0) is 14.1 Å². The second-order valence-corrected chi connectivity index (χ2v) is 5.57. The number of hydrogen-bond donors (Lipinski definition) is 2. The van der Waals surface area contributed by atoms with Gasteiger partial charge in [-0.05, 0) is 24.3 Å². The lowest BCUT2D eigenvalue weighted by Gasteiger charge is -2.38. The molecular formula is C15H20N4O2. The Bertz CT molecular complexity index is 606. The van der Waals surface area contributed by atoms with Gasteiger partial charge in [0, 0.05) is 50.7 Å². The van der Waals surface area contributed by atoms with Gasteiger partial charge >= 0.3 is 0 Å². The first-order valence-electron chi connectivity index (χ1n) is 7.01. The second kappa shape index (κ2) is 5.38. The molecule has 3 heterocycles. The average molecular weight is 288 g/mol. The minimum atomic E-state index is -0.218. The molecule has 3 rings (SSSR count). The van der Waals surface area contributed by atoms with Gasteiger partial charge in [-0.2, -0.15) is 5.06 Å². The number of aryl methyl sites for hydroxylation is 2. The van der Waals surface area contributed by atoms with Crippen LogP contribution in [0.15, 0.2) is 41.8 Å². The van der Waals surface area contributed by atoms with Gasteiger partial charge in [-0.25, -0.2) is 0 Å². The molecule has 0 spiro atoms. The quantitative estimate of drug-likeness (QED) is 0.659. The highest BCUT2D eigenvalue weighted by atomic mass is 16.5. The molecule has 112 valence electrons. The van der Waals surface area contributed by atoms with Crippen LogP contribution in [0.1, 0.15) is 36.3 Å². The van der Waals surface area contributed by atoms with Crippen LogP contribution in [0.2, 0.25) is 0 Å². The summed E-state index contributed by atoms with van der Waals surface area (Å²) >= 11 is 0. The van der Waals surface area contributed by atoms with Crippen LogP contribution >= 0.6 is 0 Å². The van der Waals surface area contributed by atoms with E-state index in [0.29, 0.717) is 18.6 Å². The molecule has 1 saturated heterocycles. The van der Waals surface area contributed by atoms with Crippen molar-refractivity contribution in [3.63, 3.8) is 0 Å². The Balaban J connectivity index is 1.99. The summed E-state index contributed by atoms with van der Waals surface area (Å²) in [5, 5.41) is 24.7. The van der Waals surface area contributed by atoms with E-state index in [2.05, 4.69) is 5.16 Å². The zero-order valence-corrected chi connectivity index (χ0v) is 12.2. The fraction of sp³-hybridized carbons (Fsp3) is 0.400. The third-order valence-electron chi connectivity index (χ3n) is 4.29. The molecule has 2 atom stereocenters. The third-order valence-corrected chi connectivity index (χ3v) is 4.29. The van der Waals surface area contributed by atoms with Crippen LogP contribution in [0, 0.1) is 0 Å². The van der Waals surface area contributed by atoms with Gasteiger partial charge in [-0.3, -0.25) is 0 Å². The zero-order valence-electron chi connectivity index (χ0n) is 12.2. The van der Waals surface area contributed by atoms with Gasteiger partial charge in [0.1, 0.15) is 0 Å². The Morgan fingerprint density at radius 3 is 1.81 bits per heavy atom. The monoisotopic (exact) mass is 288 g/mol. The van der Waals surface area contributed by atoms with Crippen LogP contribution < -0.4 is 0 Å². The summed E-state index contributed by atoms with van der Waals surface area (Å²) in [6.45, 7) is 0. The van der Waals surface area contributed by atoms with Crippen molar-refractivity contribution < 1.29 is 10.4 Å². The second-order valence-electron chi connectivity index (χ2n) is 5.57. The highest BCUT2D eigenvalue weighted by Gasteiger charge is 2.37. The molecule has 0 saturated carbocycles. The van der Waals surface area contributed by atoms with E-state index < -0.39 is 0 Å². The molecule has 1 aliphatic heterocycles. The minimum Gasteiger partial charge on any atom is -0.411 e. The summed E-state index contributed by atoms with van der Waals surface area (Å²) in [5.41, 5.74) is 2.70. The number of piperidine rings is 1. The topological polar surface area (TPSA) is 65.9 Å². The molecule has 2 aromatic heterocycles. The van der Waals surface area contributed by atoms with Crippen molar-refractivity contribution in [2.75, 3.05) is 0 Å². The fourth-order valence-electron chi connectivity index (χ4n) is 3.14. The summed E-state index contributed by atoms with van der Waals surface area (Å²) in [7, 11) is 3.90. The fourth-order valence-corrected chi connectivity index (χ4v) is 3.14. The summed E-state index contributed by atoms with van der Waals surface area (Å²) in [5.74, 6) is 0. The maximum absolute atomic E-state index is 10.7. The number of nitrogens with zero attached hydrogens (tertiary/aromatic N) is 4. The molecule has 0 amide bonds. The molecule has 6 nitrogen and oxygen atoms in total. The Hall–Kier alpha value is -2.05. The van der Waals surface area contributed by atoms with Gasteiger partial charge in [-0.15, -0.1) is 0 Å². The van der Waals surface area contributed by atoms with Crippen LogP contribution in [0.5, 0.6) is 0 Å². The minimum absolute atomic E-state index is 0.218. The largest absolute Gasteiger partial charge is 0.411 e. The van der Waals surface area contributed by atoms with E-state index in [4.69, 9.17) is 0 Å². The predicted molar refractivity (Wildman–Crippen MR) is 78.4 cm³/mol. The maximum Gasteiger partial charge on any atom is 0.0812 e. The number of rotatable bonds is 2. The van der Waals surface area contributed by atoms with Gasteiger partial charge in [0.05, 0.1) is 17.8 Å². The Kier molecular flexibility index (Phi) is 3.57. The van der Waals surface area contributed by atoms with E-state index in [1.807, 2.05) is 59.9 Å². The van der Waals surface area contributed by atoms with Crippen LogP contribution in [0.4, 0.5) is 0 Å². The van der Waals surface area contributed by atoms with Crippen molar-refractivity contribution >= 4 is 5.71 Å². The van der Waals surface area contributed by atoms with Gasteiger partial charge in [0.2, 0.25) is 0 Å². The highest BCUT2D eigenvalue weighted by Crippen LogP contribution is 2.39. The molecule has 0 aliphatic carbocycles. The average Bonchev–Trinajstić information content (AvgIpc) is 3.08. The van der Waals surface area contributed by atoms with Crippen molar-refractivity contribution in [1.82, 2.24) is 14.2 Å². The lowest BCUT2D eigenvalue weighted by atomic mass is 9.92. The van der Waals surface area contributed by atoms with E-state index in [9.17, 15) is 10.4 Å². The molecular weight excluding hydrogens is 268 g/mol. The van der Waals surface area contributed by atoms with E-state index in [-0.39, 0.29) is 12.1 Å². The maximum atomic E-state index is 10.7. The van der Waals surface area contributed by atoms with Gasteiger partial charge in [0.15, 0.2) is 0 Å². The van der Waals surface area contributed by atoms with Gasteiger partial charge < -0.3 is 19.5 Å². The van der Waals surface area contributed by atoms with Crippen LogP contribution in [0.25, 0.3) is 0 Å². The molecule has 0 radical (unpaired) electrons. The van der Waals surface area contributed by atoms with Crippen molar-refractivity contribution in [2.45, 2.75) is 24.9 Å². The SMILES string of the molecule is Cn1cccc1[C@H]1CC(=NO)C[C@@H](c2cccn2C)N1O. The smallest absolute Gasteiger partial charge is 0.0812 e. The summed E-state index contributed by atoms with van der Waals surface area (Å²) in [4.78, 5) is 0. The number of oxime groups is 1. The van der Waals surface area contributed by atoms with Crippen LogP contribution in [-0.4, -0.2) is 30.3 Å². The Morgan fingerprint density at radius 2 is 1.48 bits per heavy atom. The van der Waals surface area contributed by atoms with Crippen LogP contribution in [0.3, 0.4) is 0 Å². The molecule has 0 bridgehead atoms. The molecule has 2 N–H and O–H groups in total. The lowest BCUT2D eigenvalue weighted by molar-refractivity contribution is -0.170. The van der Waals surface area contributed by atoms with Crippen molar-refractivity contribution in [2.24, 2.45) is 19.3 Å². The summed E-state index contributed by atoms with van der Waals surface area (Å²) in [6.07, 6.45) is 4.94. The third kappa shape index (κ3) is 2.36. The summed E-state index contributed by atoms with van der Waals surface area (Å²) in [6, 6.07) is 7.43. The van der Waals surface area contributed by atoms with E-state index in [1.165, 1.54) is 5.06 Å². The molecule has 2 aromatic rings. The van der Waals surface area contributed by atoms with Crippen molar-refractivity contribution in [1.29, 1.82) is 0 Å². The van der Waals surface area contributed by atoms with Crippen molar-refractivity contribution in [3.8, 4) is 0 Å². The first-order chi connectivity index (χ1) is 10.1. The van der Waals surface area contributed by atoms with Gasteiger partial charge in [-0.1, -0.05) is 5.16 Å². The summed E-state index contributed by atoms with van der Waals surface area (Å²) < 4.78 is 3.96. The zero-order chi connectivity index (χ0) is 15.0. The lowest BCUT2D eigenvalue weighted by Crippen LogP contribution is -2.39. The van der Waals surface area contributed by atoms with E-state index >= 15 is 0 Å². The Labute approximate surface area is 123 Å². The highest BCUT2D eigenvalue weighted by molar-refractivity contribution is 5.86. The predicted octanol–water partition coefficient (Wildman–Crippen LogP) is 2.46.